The van der Waals surface area contributed by atoms with Gasteiger partial charge in [0.05, 0.1) is 13.7 Å². The molecule has 5 nitrogen and oxygen atoms in total. The van der Waals surface area contributed by atoms with Crippen LogP contribution in [0, 0.1) is 5.21 Å². The summed E-state index contributed by atoms with van der Waals surface area (Å²) in [6, 6.07) is 0. The Hall–Kier alpha value is -1.36. The van der Waals surface area contributed by atoms with Gasteiger partial charge in [-0.15, -0.1) is 4.73 Å². The van der Waals surface area contributed by atoms with E-state index in [1.54, 1.807) is 0 Å². The van der Waals surface area contributed by atoms with Crippen molar-refractivity contribution in [2.75, 3.05) is 7.11 Å². The first kappa shape index (κ1) is 7.74. The lowest BCUT2D eigenvalue weighted by atomic mass is 10.5. The molecule has 0 unspecified atom stereocenters. The lowest BCUT2D eigenvalue weighted by molar-refractivity contribution is -0.613. The molecule has 0 saturated carbocycles. The first-order valence-corrected chi connectivity index (χ1v) is 3.01. The topological polar surface area (TPSA) is 69.3 Å². The highest BCUT2D eigenvalue weighted by molar-refractivity contribution is 4.98. The second-order valence-electron chi connectivity index (χ2n) is 1.90. The number of rotatable bonds is 2. The summed E-state index contributed by atoms with van der Waals surface area (Å²) < 4.78 is 5.16. The number of hydrogen-bond acceptors (Lipinski definition) is 4. The molecule has 0 aliphatic heterocycles. The molecule has 0 aliphatic carbocycles. The molecule has 0 radical (unpaired) electrons. The molecule has 1 heterocycles. The van der Waals surface area contributed by atoms with E-state index in [0.29, 0.717) is 10.4 Å². The Morgan fingerprint density at radius 1 is 1.82 bits per heavy atom. The fraction of sp³-hybridized carbons (Fsp3) is 0.333. The molecule has 0 spiro atoms. The minimum absolute atomic E-state index is 0.113. The van der Waals surface area contributed by atoms with Crippen molar-refractivity contribution in [2.45, 2.75) is 6.61 Å². The van der Waals surface area contributed by atoms with Crippen molar-refractivity contribution in [3.05, 3.63) is 23.3 Å². The highest BCUT2D eigenvalue weighted by Gasteiger charge is 2.05. The first-order chi connectivity index (χ1) is 5.27. The molecule has 0 fully saturated rings. The number of methoxy groups -OCH3 is 1. The van der Waals surface area contributed by atoms with E-state index in [1.165, 1.54) is 19.5 Å². The zero-order valence-corrected chi connectivity index (χ0v) is 6.02. The molecule has 0 saturated heterocycles. The third-order valence-electron chi connectivity index (χ3n) is 1.20. The maximum Gasteiger partial charge on any atom is 0.398 e. The van der Waals surface area contributed by atoms with Crippen LogP contribution in [0.5, 0.6) is 5.88 Å². The largest absolute Gasteiger partial charge is 0.616 e. The van der Waals surface area contributed by atoms with E-state index in [1.807, 2.05) is 0 Å². The van der Waals surface area contributed by atoms with Crippen LogP contribution >= 0.6 is 0 Å². The monoisotopic (exact) mass is 156 g/mol. The summed E-state index contributed by atoms with van der Waals surface area (Å²) in [5.74, 6) is 0.113. The van der Waals surface area contributed by atoms with E-state index < -0.39 is 0 Å². The fourth-order valence-corrected chi connectivity index (χ4v) is 0.652. The van der Waals surface area contributed by atoms with Gasteiger partial charge in [0.25, 0.3) is 0 Å². The van der Waals surface area contributed by atoms with Gasteiger partial charge < -0.3 is 15.1 Å². The summed E-state index contributed by atoms with van der Waals surface area (Å²) in [6.07, 6.45) is 2.43. The van der Waals surface area contributed by atoms with E-state index in [9.17, 15) is 5.21 Å². The lowest BCUT2D eigenvalue weighted by Crippen LogP contribution is -2.29. The number of ether oxygens (including phenoxy) is 1. The van der Waals surface area contributed by atoms with Crippen molar-refractivity contribution >= 4 is 0 Å². The van der Waals surface area contributed by atoms with Crippen molar-refractivity contribution < 1.29 is 14.6 Å². The van der Waals surface area contributed by atoms with Gasteiger partial charge in [0.1, 0.15) is 11.9 Å². The SMILES string of the molecule is COc1cnc(CO)c[n+]1[O-]. The number of aromatic nitrogens is 2. The van der Waals surface area contributed by atoms with Gasteiger partial charge in [-0.3, -0.25) is 0 Å². The summed E-state index contributed by atoms with van der Waals surface area (Å²) in [5, 5.41) is 19.4. The van der Waals surface area contributed by atoms with Gasteiger partial charge in [0.2, 0.25) is 6.20 Å². The third-order valence-corrected chi connectivity index (χ3v) is 1.20. The van der Waals surface area contributed by atoms with Crippen LogP contribution in [0.4, 0.5) is 0 Å². The van der Waals surface area contributed by atoms with Crippen LogP contribution in [0.2, 0.25) is 0 Å². The molecular weight excluding hydrogens is 148 g/mol. The zero-order chi connectivity index (χ0) is 8.27. The Bertz CT molecular complexity index is 252. The Labute approximate surface area is 63.5 Å². The molecule has 0 bridgehead atoms. The van der Waals surface area contributed by atoms with Crippen molar-refractivity contribution in [3.8, 4) is 5.88 Å². The van der Waals surface area contributed by atoms with Crippen LogP contribution in [0.1, 0.15) is 5.69 Å². The molecule has 1 aromatic heterocycles. The zero-order valence-electron chi connectivity index (χ0n) is 6.02. The maximum absolute atomic E-state index is 10.9. The lowest BCUT2D eigenvalue weighted by Gasteiger charge is -2.01. The molecule has 0 aliphatic rings. The molecule has 60 valence electrons. The van der Waals surface area contributed by atoms with Crippen LogP contribution in [0.25, 0.3) is 0 Å². The highest BCUT2D eigenvalue weighted by atomic mass is 16.5. The normalized spacial score (nSPS) is 9.64. The number of aliphatic hydroxyl groups excluding tert-OH is 1. The molecule has 5 heteroatoms. The fourth-order valence-electron chi connectivity index (χ4n) is 0.652. The third kappa shape index (κ3) is 1.56. The van der Waals surface area contributed by atoms with Gasteiger partial charge >= 0.3 is 5.88 Å². The predicted octanol–water partition coefficient (Wildman–Crippen LogP) is -0.784. The Morgan fingerprint density at radius 3 is 3.00 bits per heavy atom. The Balaban J connectivity index is 2.99. The molecule has 1 N–H and O–H groups in total. The van der Waals surface area contributed by atoms with Gasteiger partial charge in [-0.25, -0.2) is 4.98 Å². The van der Waals surface area contributed by atoms with Crippen LogP contribution < -0.4 is 9.47 Å². The van der Waals surface area contributed by atoms with Crippen LogP contribution in [0.3, 0.4) is 0 Å². The standard InChI is InChI=1S/C6H8N2O3/c1-11-6-2-7-5(4-9)3-8(6)10/h2-3,9H,4H2,1H3. The quantitative estimate of drug-likeness (QED) is 0.450. The Morgan fingerprint density at radius 2 is 2.55 bits per heavy atom. The molecule has 0 amide bonds. The highest BCUT2D eigenvalue weighted by Crippen LogP contribution is 1.99. The minimum Gasteiger partial charge on any atom is -0.616 e. The predicted molar refractivity (Wildman–Crippen MR) is 35.7 cm³/mol. The van der Waals surface area contributed by atoms with Crippen LogP contribution in [0.15, 0.2) is 12.4 Å². The first-order valence-electron chi connectivity index (χ1n) is 3.01. The summed E-state index contributed by atoms with van der Waals surface area (Å²) in [6.45, 7) is -0.244. The number of hydrogen-bond donors (Lipinski definition) is 1. The van der Waals surface area contributed by atoms with Crippen molar-refractivity contribution in [3.63, 3.8) is 0 Å². The van der Waals surface area contributed by atoms with Crippen molar-refractivity contribution in [1.29, 1.82) is 0 Å². The van der Waals surface area contributed by atoms with Crippen molar-refractivity contribution in [1.82, 2.24) is 4.98 Å². The maximum atomic E-state index is 10.9. The molecule has 1 aromatic rings. The second kappa shape index (κ2) is 3.16. The van der Waals surface area contributed by atoms with Gasteiger partial charge in [0, 0.05) is 0 Å². The summed E-state index contributed by atoms with van der Waals surface area (Å²) in [4.78, 5) is 3.73. The van der Waals surface area contributed by atoms with E-state index in [4.69, 9.17) is 5.11 Å². The molecule has 11 heavy (non-hydrogen) atoms. The Kier molecular flexibility index (Phi) is 2.22. The molecular formula is C6H8N2O3. The van der Waals surface area contributed by atoms with E-state index >= 15 is 0 Å². The van der Waals surface area contributed by atoms with Crippen molar-refractivity contribution in [2.24, 2.45) is 0 Å². The average Bonchev–Trinajstić information content (AvgIpc) is 2.04. The second-order valence-corrected chi connectivity index (χ2v) is 1.90. The molecule has 1 rings (SSSR count). The average molecular weight is 156 g/mol. The van der Waals surface area contributed by atoms with Gasteiger partial charge in [-0.2, -0.15) is 0 Å². The number of aliphatic hydroxyl groups is 1. The van der Waals surface area contributed by atoms with Crippen LogP contribution in [-0.4, -0.2) is 17.2 Å². The van der Waals surface area contributed by atoms with E-state index in [0.717, 1.165) is 0 Å². The summed E-state index contributed by atoms with van der Waals surface area (Å²) in [7, 11) is 1.38. The minimum atomic E-state index is -0.244. The summed E-state index contributed by atoms with van der Waals surface area (Å²) >= 11 is 0. The van der Waals surface area contributed by atoms with Gasteiger partial charge in [0.15, 0.2) is 0 Å². The van der Waals surface area contributed by atoms with Gasteiger partial charge in [-0.1, -0.05) is 0 Å². The molecule has 0 aromatic carbocycles. The van der Waals surface area contributed by atoms with E-state index in [-0.39, 0.29) is 12.5 Å². The molecule has 0 atom stereocenters. The van der Waals surface area contributed by atoms with E-state index in [2.05, 4.69) is 9.72 Å². The smallest absolute Gasteiger partial charge is 0.398 e. The number of nitrogens with zero attached hydrogens (tertiary/aromatic N) is 2. The summed E-state index contributed by atoms with van der Waals surface area (Å²) in [5.41, 5.74) is 0.320. The van der Waals surface area contributed by atoms with Gasteiger partial charge in [-0.05, 0) is 0 Å². The van der Waals surface area contributed by atoms with Crippen LogP contribution in [-0.2, 0) is 6.61 Å².